The normalized spacial score (nSPS) is 9.23. The lowest BCUT2D eigenvalue weighted by molar-refractivity contribution is 0.0689. The number of thioether (sulfide) groups is 1. The SMILES string of the molecule is CSc1ncc(C#N)c(C(=O)O)n1. The van der Waals surface area contributed by atoms with Gasteiger partial charge in [0.1, 0.15) is 11.6 Å². The van der Waals surface area contributed by atoms with Crippen molar-refractivity contribution in [2.24, 2.45) is 0 Å². The Balaban J connectivity index is 3.28. The molecular weight excluding hydrogens is 190 g/mol. The van der Waals surface area contributed by atoms with Gasteiger partial charge in [0.15, 0.2) is 10.9 Å². The minimum Gasteiger partial charge on any atom is -0.476 e. The summed E-state index contributed by atoms with van der Waals surface area (Å²) in [4.78, 5) is 18.1. The molecule has 1 N–H and O–H groups in total. The third kappa shape index (κ3) is 1.95. The van der Waals surface area contributed by atoms with Gasteiger partial charge in [-0.15, -0.1) is 0 Å². The number of carboxylic acid groups (broad SMARTS) is 1. The van der Waals surface area contributed by atoms with E-state index in [4.69, 9.17) is 10.4 Å². The Morgan fingerprint density at radius 2 is 2.46 bits per heavy atom. The second kappa shape index (κ2) is 3.87. The Kier molecular flexibility index (Phi) is 2.82. The van der Waals surface area contributed by atoms with Crippen LogP contribution in [0, 0.1) is 11.3 Å². The molecule has 0 unspecified atom stereocenters. The van der Waals surface area contributed by atoms with E-state index in [0.29, 0.717) is 5.16 Å². The summed E-state index contributed by atoms with van der Waals surface area (Å²) >= 11 is 1.22. The van der Waals surface area contributed by atoms with Crippen LogP contribution < -0.4 is 0 Å². The highest BCUT2D eigenvalue weighted by molar-refractivity contribution is 7.98. The Bertz CT molecular complexity index is 386. The van der Waals surface area contributed by atoms with Crippen molar-refractivity contribution in [1.29, 1.82) is 5.26 Å². The summed E-state index contributed by atoms with van der Waals surface area (Å²) in [5, 5.41) is 17.5. The molecular formula is C7H5N3O2S. The van der Waals surface area contributed by atoms with Crippen molar-refractivity contribution in [3.8, 4) is 6.07 Å². The van der Waals surface area contributed by atoms with Crippen LogP contribution in [-0.4, -0.2) is 27.3 Å². The molecule has 1 aromatic rings. The third-order valence-corrected chi connectivity index (χ3v) is 1.83. The van der Waals surface area contributed by atoms with Crippen LogP contribution in [0.3, 0.4) is 0 Å². The average Bonchev–Trinajstić information content (AvgIpc) is 2.16. The molecule has 0 fully saturated rings. The number of aromatic nitrogens is 2. The van der Waals surface area contributed by atoms with E-state index >= 15 is 0 Å². The monoisotopic (exact) mass is 195 g/mol. The molecule has 1 aromatic heterocycles. The van der Waals surface area contributed by atoms with E-state index in [1.165, 1.54) is 18.0 Å². The fraction of sp³-hybridized carbons (Fsp3) is 0.143. The predicted octanol–water partition coefficient (Wildman–Crippen LogP) is 0.768. The minimum atomic E-state index is -1.21. The van der Waals surface area contributed by atoms with Gasteiger partial charge in [0.2, 0.25) is 0 Å². The predicted molar refractivity (Wildman–Crippen MR) is 45.5 cm³/mol. The standard InChI is InChI=1S/C7H5N3O2S/c1-13-7-9-3-4(2-8)5(10-7)6(11)12/h3H,1H3,(H,11,12). The summed E-state index contributed by atoms with van der Waals surface area (Å²) < 4.78 is 0. The highest BCUT2D eigenvalue weighted by Gasteiger charge is 2.12. The number of carboxylic acids is 1. The first kappa shape index (κ1) is 9.48. The molecule has 0 aliphatic carbocycles. The Morgan fingerprint density at radius 1 is 1.77 bits per heavy atom. The van der Waals surface area contributed by atoms with Gasteiger partial charge in [-0.3, -0.25) is 0 Å². The molecule has 0 atom stereocenters. The maximum atomic E-state index is 10.6. The molecule has 5 nitrogen and oxygen atoms in total. The topological polar surface area (TPSA) is 86.9 Å². The van der Waals surface area contributed by atoms with Gasteiger partial charge in [-0.05, 0) is 6.26 Å². The van der Waals surface area contributed by atoms with Crippen molar-refractivity contribution in [2.75, 3.05) is 6.26 Å². The van der Waals surface area contributed by atoms with Gasteiger partial charge in [-0.1, -0.05) is 11.8 Å². The van der Waals surface area contributed by atoms with Crippen molar-refractivity contribution in [3.05, 3.63) is 17.5 Å². The van der Waals surface area contributed by atoms with Crippen LogP contribution in [0.5, 0.6) is 0 Å². The molecule has 0 saturated heterocycles. The third-order valence-electron chi connectivity index (χ3n) is 1.27. The molecule has 0 aliphatic rings. The molecule has 0 saturated carbocycles. The smallest absolute Gasteiger partial charge is 0.356 e. The largest absolute Gasteiger partial charge is 0.476 e. The molecule has 6 heteroatoms. The second-order valence-electron chi connectivity index (χ2n) is 2.04. The van der Waals surface area contributed by atoms with Crippen molar-refractivity contribution >= 4 is 17.7 Å². The van der Waals surface area contributed by atoms with Crippen molar-refractivity contribution in [2.45, 2.75) is 5.16 Å². The zero-order valence-corrected chi connectivity index (χ0v) is 7.50. The lowest BCUT2D eigenvalue weighted by Gasteiger charge is -1.98. The van der Waals surface area contributed by atoms with Gasteiger partial charge in [0.25, 0.3) is 0 Å². The Labute approximate surface area is 78.4 Å². The van der Waals surface area contributed by atoms with Crippen LogP contribution >= 0.6 is 11.8 Å². The fourth-order valence-corrected chi connectivity index (χ4v) is 1.05. The zero-order chi connectivity index (χ0) is 9.84. The van der Waals surface area contributed by atoms with Crippen LogP contribution in [-0.2, 0) is 0 Å². The average molecular weight is 195 g/mol. The van der Waals surface area contributed by atoms with E-state index in [2.05, 4.69) is 9.97 Å². The summed E-state index contributed by atoms with van der Waals surface area (Å²) in [6, 6.07) is 1.71. The van der Waals surface area contributed by atoms with Gasteiger partial charge >= 0.3 is 5.97 Å². The summed E-state index contributed by atoms with van der Waals surface area (Å²) in [5.41, 5.74) is -0.271. The number of nitrogens with zero attached hydrogens (tertiary/aromatic N) is 3. The first-order valence-corrected chi connectivity index (χ1v) is 4.46. The molecule has 1 heterocycles. The van der Waals surface area contributed by atoms with Gasteiger partial charge in [-0.25, -0.2) is 14.8 Å². The summed E-state index contributed by atoms with van der Waals surface area (Å²) in [5.74, 6) is -1.21. The van der Waals surface area contributed by atoms with Gasteiger partial charge in [0.05, 0.1) is 6.20 Å². The second-order valence-corrected chi connectivity index (χ2v) is 2.81. The number of rotatable bonds is 2. The van der Waals surface area contributed by atoms with E-state index in [1.54, 1.807) is 12.3 Å². The highest BCUT2D eigenvalue weighted by Crippen LogP contribution is 2.11. The van der Waals surface area contributed by atoms with Crippen molar-refractivity contribution < 1.29 is 9.90 Å². The van der Waals surface area contributed by atoms with E-state index in [1.807, 2.05) is 0 Å². The fourth-order valence-electron chi connectivity index (χ4n) is 0.709. The molecule has 0 aromatic carbocycles. The molecule has 1 rings (SSSR count). The molecule has 13 heavy (non-hydrogen) atoms. The van der Waals surface area contributed by atoms with Gasteiger partial charge < -0.3 is 5.11 Å². The van der Waals surface area contributed by atoms with Crippen molar-refractivity contribution in [1.82, 2.24) is 9.97 Å². The lowest BCUT2D eigenvalue weighted by atomic mass is 10.2. The molecule has 0 radical (unpaired) electrons. The first-order valence-electron chi connectivity index (χ1n) is 3.23. The summed E-state index contributed by atoms with van der Waals surface area (Å²) in [6.45, 7) is 0. The Hall–Kier alpha value is -1.61. The number of carbonyl (C=O) groups is 1. The van der Waals surface area contributed by atoms with Crippen LogP contribution in [0.25, 0.3) is 0 Å². The van der Waals surface area contributed by atoms with E-state index in [9.17, 15) is 4.79 Å². The van der Waals surface area contributed by atoms with Crippen LogP contribution in [0.2, 0.25) is 0 Å². The zero-order valence-electron chi connectivity index (χ0n) is 6.68. The van der Waals surface area contributed by atoms with Crippen LogP contribution in [0.4, 0.5) is 0 Å². The van der Waals surface area contributed by atoms with Crippen molar-refractivity contribution in [3.63, 3.8) is 0 Å². The van der Waals surface area contributed by atoms with E-state index in [-0.39, 0.29) is 11.3 Å². The van der Waals surface area contributed by atoms with Crippen LogP contribution in [0.15, 0.2) is 11.4 Å². The number of hydrogen-bond acceptors (Lipinski definition) is 5. The van der Waals surface area contributed by atoms with Gasteiger partial charge in [0, 0.05) is 0 Å². The molecule has 0 bridgehead atoms. The lowest BCUT2D eigenvalue weighted by Crippen LogP contribution is -2.05. The molecule has 0 amide bonds. The molecule has 0 aliphatic heterocycles. The van der Waals surface area contributed by atoms with Gasteiger partial charge in [-0.2, -0.15) is 5.26 Å². The highest BCUT2D eigenvalue weighted by atomic mass is 32.2. The minimum absolute atomic E-state index is 0.0229. The van der Waals surface area contributed by atoms with Crippen LogP contribution in [0.1, 0.15) is 16.1 Å². The van der Waals surface area contributed by atoms with E-state index < -0.39 is 5.97 Å². The maximum Gasteiger partial charge on any atom is 0.356 e. The number of nitriles is 1. The summed E-state index contributed by atoms with van der Waals surface area (Å²) in [7, 11) is 0. The van der Waals surface area contributed by atoms with E-state index in [0.717, 1.165) is 0 Å². The maximum absolute atomic E-state index is 10.6. The molecule has 0 spiro atoms. The Morgan fingerprint density at radius 3 is 2.92 bits per heavy atom. The number of aromatic carboxylic acids is 1. The number of hydrogen-bond donors (Lipinski definition) is 1. The first-order chi connectivity index (χ1) is 6.19. The molecule has 66 valence electrons. The quantitative estimate of drug-likeness (QED) is 0.554. The summed E-state index contributed by atoms with van der Waals surface area (Å²) in [6.07, 6.45) is 2.94.